The maximum absolute atomic E-state index is 10.7. The molecule has 6 nitrogen and oxygen atoms in total. The van der Waals surface area contributed by atoms with Gasteiger partial charge in [-0.15, -0.1) is 0 Å². The summed E-state index contributed by atoms with van der Waals surface area (Å²) in [5.74, 6) is -0.569. The number of rotatable bonds is 3. The third kappa shape index (κ3) is 2.27. The van der Waals surface area contributed by atoms with Crippen LogP contribution in [0.4, 0.5) is 5.95 Å². The highest BCUT2D eigenvalue weighted by Crippen LogP contribution is 2.15. The van der Waals surface area contributed by atoms with Crippen LogP contribution in [0.5, 0.6) is 0 Å². The van der Waals surface area contributed by atoms with Crippen LogP contribution in [0.25, 0.3) is 0 Å². The van der Waals surface area contributed by atoms with Crippen molar-refractivity contribution < 1.29 is 14.6 Å². The van der Waals surface area contributed by atoms with Crippen molar-refractivity contribution in [3.63, 3.8) is 0 Å². The number of fused-ring (bicyclic) bond motifs is 1. The highest BCUT2D eigenvalue weighted by molar-refractivity contribution is 5.75. The second-order valence-electron chi connectivity index (χ2n) is 3.67. The Morgan fingerprint density at radius 1 is 1.69 bits per heavy atom. The van der Waals surface area contributed by atoms with Crippen molar-refractivity contribution in [2.75, 3.05) is 11.9 Å². The number of aliphatic carboxylic acids is 1. The Morgan fingerprint density at radius 3 is 3.25 bits per heavy atom. The molecule has 0 bridgehead atoms. The van der Waals surface area contributed by atoms with Gasteiger partial charge in [-0.2, -0.15) is 0 Å². The van der Waals surface area contributed by atoms with Gasteiger partial charge in [-0.05, 0) is 6.92 Å². The van der Waals surface area contributed by atoms with Crippen LogP contribution in [0.15, 0.2) is 6.20 Å². The predicted octanol–water partition coefficient (Wildman–Crippen LogP) is 0.434. The Morgan fingerprint density at radius 2 is 2.50 bits per heavy atom. The summed E-state index contributed by atoms with van der Waals surface area (Å²) in [4.78, 5) is 19.0. The molecule has 1 aromatic heterocycles. The van der Waals surface area contributed by atoms with E-state index in [2.05, 4.69) is 15.3 Å². The average Bonchev–Trinajstić information content (AvgIpc) is 2.28. The topological polar surface area (TPSA) is 84.3 Å². The van der Waals surface area contributed by atoms with Gasteiger partial charge in [-0.3, -0.25) is 4.79 Å². The molecule has 1 unspecified atom stereocenters. The molecule has 86 valence electrons. The van der Waals surface area contributed by atoms with Crippen LogP contribution in [0.1, 0.15) is 18.2 Å². The van der Waals surface area contributed by atoms with Crippen molar-refractivity contribution >= 4 is 11.9 Å². The summed E-state index contributed by atoms with van der Waals surface area (Å²) >= 11 is 0. The molecular formula is C10H13N3O3. The van der Waals surface area contributed by atoms with Gasteiger partial charge in [-0.1, -0.05) is 0 Å². The number of hydrogen-bond donors (Lipinski definition) is 2. The molecular weight excluding hydrogens is 210 g/mol. The Labute approximate surface area is 92.7 Å². The molecule has 16 heavy (non-hydrogen) atoms. The van der Waals surface area contributed by atoms with E-state index < -0.39 is 12.0 Å². The molecule has 2 N–H and O–H groups in total. The molecule has 0 aromatic carbocycles. The van der Waals surface area contributed by atoms with Crippen molar-refractivity contribution in [2.45, 2.75) is 26.0 Å². The van der Waals surface area contributed by atoms with Crippen LogP contribution >= 0.6 is 0 Å². The zero-order valence-corrected chi connectivity index (χ0v) is 8.93. The SMILES string of the molecule is CC(Nc1ncc2c(n1)CCOC2)C(=O)O. The van der Waals surface area contributed by atoms with E-state index in [1.165, 1.54) is 0 Å². The lowest BCUT2D eigenvalue weighted by atomic mass is 10.1. The van der Waals surface area contributed by atoms with Gasteiger partial charge >= 0.3 is 5.97 Å². The van der Waals surface area contributed by atoms with Crippen molar-refractivity contribution in [2.24, 2.45) is 0 Å². The number of carboxylic acid groups (broad SMARTS) is 1. The van der Waals surface area contributed by atoms with E-state index in [4.69, 9.17) is 9.84 Å². The highest BCUT2D eigenvalue weighted by Gasteiger charge is 2.15. The lowest BCUT2D eigenvalue weighted by Gasteiger charge is -2.16. The molecule has 6 heteroatoms. The number of ether oxygens (including phenoxy) is 1. The number of hydrogen-bond acceptors (Lipinski definition) is 5. The molecule has 1 atom stereocenters. The Balaban J connectivity index is 2.14. The van der Waals surface area contributed by atoms with Crippen LogP contribution in [0, 0.1) is 0 Å². The maximum Gasteiger partial charge on any atom is 0.325 e. The van der Waals surface area contributed by atoms with Gasteiger partial charge in [0.25, 0.3) is 0 Å². The van der Waals surface area contributed by atoms with Crippen molar-refractivity contribution in [3.05, 3.63) is 17.5 Å². The van der Waals surface area contributed by atoms with Gasteiger partial charge < -0.3 is 15.2 Å². The van der Waals surface area contributed by atoms with E-state index in [9.17, 15) is 4.79 Å². The number of aromatic nitrogens is 2. The van der Waals surface area contributed by atoms with Gasteiger partial charge in [-0.25, -0.2) is 9.97 Å². The van der Waals surface area contributed by atoms with Crippen LogP contribution in [0.3, 0.4) is 0 Å². The normalized spacial score (nSPS) is 16.3. The average molecular weight is 223 g/mol. The smallest absolute Gasteiger partial charge is 0.325 e. The van der Waals surface area contributed by atoms with Gasteiger partial charge in [0.1, 0.15) is 6.04 Å². The first-order chi connectivity index (χ1) is 7.66. The summed E-state index contributed by atoms with van der Waals surface area (Å²) in [6.07, 6.45) is 2.42. The van der Waals surface area contributed by atoms with E-state index in [-0.39, 0.29) is 0 Å². The zero-order valence-electron chi connectivity index (χ0n) is 8.93. The van der Waals surface area contributed by atoms with Crippen LogP contribution in [0.2, 0.25) is 0 Å². The highest BCUT2D eigenvalue weighted by atomic mass is 16.5. The molecule has 0 saturated carbocycles. The van der Waals surface area contributed by atoms with Gasteiger partial charge in [0.05, 0.1) is 18.9 Å². The minimum atomic E-state index is -0.926. The molecule has 0 amide bonds. The zero-order chi connectivity index (χ0) is 11.5. The first-order valence-corrected chi connectivity index (χ1v) is 5.08. The molecule has 0 radical (unpaired) electrons. The third-order valence-electron chi connectivity index (χ3n) is 2.41. The Bertz CT molecular complexity index is 408. The van der Waals surface area contributed by atoms with Gasteiger partial charge in [0, 0.05) is 18.2 Å². The largest absolute Gasteiger partial charge is 0.480 e. The van der Waals surface area contributed by atoms with Crippen LogP contribution in [-0.2, 0) is 22.6 Å². The number of anilines is 1. The van der Waals surface area contributed by atoms with Crippen LogP contribution in [-0.4, -0.2) is 33.7 Å². The standard InChI is InChI=1S/C10H13N3O3/c1-6(9(14)15)12-10-11-4-7-5-16-3-2-8(7)13-10/h4,6H,2-3,5H2,1H3,(H,14,15)(H,11,12,13). The van der Waals surface area contributed by atoms with E-state index in [1.807, 2.05) is 0 Å². The second-order valence-corrected chi connectivity index (χ2v) is 3.67. The fourth-order valence-corrected chi connectivity index (χ4v) is 1.46. The Hall–Kier alpha value is -1.69. The summed E-state index contributed by atoms with van der Waals surface area (Å²) in [5.41, 5.74) is 1.90. The minimum Gasteiger partial charge on any atom is -0.480 e. The van der Waals surface area contributed by atoms with Crippen molar-refractivity contribution in [1.29, 1.82) is 0 Å². The lowest BCUT2D eigenvalue weighted by molar-refractivity contribution is -0.137. The fourth-order valence-electron chi connectivity index (χ4n) is 1.46. The van der Waals surface area contributed by atoms with E-state index in [0.717, 1.165) is 17.7 Å². The van der Waals surface area contributed by atoms with E-state index >= 15 is 0 Å². The summed E-state index contributed by atoms with van der Waals surface area (Å²) in [7, 11) is 0. The summed E-state index contributed by atoms with van der Waals surface area (Å²) in [5, 5.41) is 11.5. The lowest BCUT2D eigenvalue weighted by Crippen LogP contribution is -2.27. The predicted molar refractivity (Wildman–Crippen MR) is 56.1 cm³/mol. The first-order valence-electron chi connectivity index (χ1n) is 5.08. The molecule has 2 rings (SSSR count). The first kappa shape index (κ1) is 10.8. The molecule has 1 aliphatic heterocycles. The molecule has 0 spiro atoms. The Kier molecular flexibility index (Phi) is 3.00. The van der Waals surface area contributed by atoms with E-state index in [0.29, 0.717) is 19.2 Å². The van der Waals surface area contributed by atoms with E-state index in [1.54, 1.807) is 13.1 Å². The summed E-state index contributed by atoms with van der Waals surface area (Å²) in [6.45, 7) is 2.73. The number of carbonyl (C=O) groups is 1. The summed E-state index contributed by atoms with van der Waals surface area (Å²) in [6, 6.07) is -0.696. The minimum absolute atomic E-state index is 0.357. The maximum atomic E-state index is 10.7. The quantitative estimate of drug-likeness (QED) is 0.773. The molecule has 0 saturated heterocycles. The molecule has 0 fully saturated rings. The second kappa shape index (κ2) is 4.44. The molecule has 2 heterocycles. The van der Waals surface area contributed by atoms with Gasteiger partial charge in [0.15, 0.2) is 0 Å². The summed E-state index contributed by atoms with van der Waals surface area (Å²) < 4.78 is 5.26. The third-order valence-corrected chi connectivity index (χ3v) is 2.41. The van der Waals surface area contributed by atoms with Crippen molar-refractivity contribution in [1.82, 2.24) is 9.97 Å². The molecule has 1 aromatic rings. The molecule has 1 aliphatic rings. The molecule has 0 aliphatic carbocycles. The number of nitrogens with one attached hydrogen (secondary N) is 1. The van der Waals surface area contributed by atoms with Gasteiger partial charge in [0.2, 0.25) is 5.95 Å². The number of nitrogens with zero attached hydrogens (tertiary/aromatic N) is 2. The fraction of sp³-hybridized carbons (Fsp3) is 0.500. The number of carboxylic acids is 1. The monoisotopic (exact) mass is 223 g/mol. The van der Waals surface area contributed by atoms with Crippen molar-refractivity contribution in [3.8, 4) is 0 Å². The van der Waals surface area contributed by atoms with Crippen LogP contribution < -0.4 is 5.32 Å².